The van der Waals surface area contributed by atoms with Crippen molar-refractivity contribution in [1.29, 1.82) is 0 Å². The van der Waals surface area contributed by atoms with Crippen LogP contribution >= 0.6 is 12.2 Å². The SMILES string of the molecule is COc1ccc(F)cc1-c1n[nH]c(=S)n1N. The lowest BCUT2D eigenvalue weighted by Crippen LogP contribution is -2.10. The zero-order chi connectivity index (χ0) is 11.7. The smallest absolute Gasteiger partial charge is 0.214 e. The Bertz CT molecular complexity index is 577. The minimum absolute atomic E-state index is 0.251. The maximum Gasteiger partial charge on any atom is 0.214 e. The third-order valence-corrected chi connectivity index (χ3v) is 2.39. The van der Waals surface area contributed by atoms with Crippen LogP contribution in [0.5, 0.6) is 5.75 Å². The second-order valence-corrected chi connectivity index (χ2v) is 3.45. The van der Waals surface area contributed by atoms with E-state index in [9.17, 15) is 4.39 Å². The zero-order valence-corrected chi connectivity index (χ0v) is 9.21. The molecule has 0 unspecified atom stereocenters. The molecule has 0 aliphatic carbocycles. The van der Waals surface area contributed by atoms with Gasteiger partial charge in [0.05, 0.1) is 12.7 Å². The second kappa shape index (κ2) is 3.93. The summed E-state index contributed by atoms with van der Waals surface area (Å²) < 4.78 is 19.6. The quantitative estimate of drug-likeness (QED) is 0.616. The Hall–Kier alpha value is -1.89. The highest BCUT2D eigenvalue weighted by molar-refractivity contribution is 7.71. The number of nitrogens with one attached hydrogen (secondary N) is 1. The largest absolute Gasteiger partial charge is 0.496 e. The number of aromatic amines is 1. The van der Waals surface area contributed by atoms with Crippen molar-refractivity contribution in [2.24, 2.45) is 0 Å². The number of rotatable bonds is 2. The Labute approximate surface area is 95.6 Å². The van der Waals surface area contributed by atoms with Crippen molar-refractivity contribution in [3.8, 4) is 17.1 Å². The highest BCUT2D eigenvalue weighted by Crippen LogP contribution is 2.28. The molecule has 0 spiro atoms. The molecule has 7 heteroatoms. The number of benzene rings is 1. The first-order valence-electron chi connectivity index (χ1n) is 4.40. The van der Waals surface area contributed by atoms with E-state index < -0.39 is 5.82 Å². The fourth-order valence-corrected chi connectivity index (χ4v) is 1.48. The summed E-state index contributed by atoms with van der Waals surface area (Å²) in [6.45, 7) is 0. The lowest BCUT2D eigenvalue weighted by Gasteiger charge is -2.07. The van der Waals surface area contributed by atoms with Crippen LogP contribution in [0.15, 0.2) is 18.2 Å². The van der Waals surface area contributed by atoms with Gasteiger partial charge in [-0.3, -0.25) is 0 Å². The molecule has 0 amide bonds. The van der Waals surface area contributed by atoms with Gasteiger partial charge in [0.25, 0.3) is 0 Å². The molecule has 1 heterocycles. The maximum atomic E-state index is 13.1. The van der Waals surface area contributed by atoms with Crippen LogP contribution in [-0.2, 0) is 0 Å². The van der Waals surface area contributed by atoms with Crippen molar-refractivity contribution < 1.29 is 9.13 Å². The fraction of sp³-hybridized carbons (Fsp3) is 0.111. The van der Waals surface area contributed by atoms with E-state index in [4.69, 9.17) is 22.8 Å². The predicted molar refractivity (Wildman–Crippen MR) is 59.5 cm³/mol. The van der Waals surface area contributed by atoms with Gasteiger partial charge in [-0.2, -0.15) is 5.10 Å². The minimum atomic E-state index is -0.398. The van der Waals surface area contributed by atoms with Crippen LogP contribution in [0.1, 0.15) is 0 Å². The number of ether oxygens (including phenoxy) is 1. The van der Waals surface area contributed by atoms with Crippen molar-refractivity contribution in [3.63, 3.8) is 0 Å². The lowest BCUT2D eigenvalue weighted by atomic mass is 10.2. The maximum absolute atomic E-state index is 13.1. The van der Waals surface area contributed by atoms with E-state index in [0.717, 1.165) is 4.68 Å². The van der Waals surface area contributed by atoms with Crippen LogP contribution in [0, 0.1) is 10.6 Å². The highest BCUT2D eigenvalue weighted by Gasteiger charge is 2.13. The normalized spacial score (nSPS) is 10.4. The molecule has 1 aromatic heterocycles. The Morgan fingerprint density at radius 3 is 2.88 bits per heavy atom. The molecular weight excluding hydrogens is 231 g/mol. The first kappa shape index (κ1) is 10.6. The molecule has 0 radical (unpaired) electrons. The Balaban J connectivity index is 2.67. The van der Waals surface area contributed by atoms with Crippen LogP contribution in [0.3, 0.4) is 0 Å². The van der Waals surface area contributed by atoms with Gasteiger partial charge in [-0.05, 0) is 30.4 Å². The molecule has 84 valence electrons. The van der Waals surface area contributed by atoms with Crippen molar-refractivity contribution in [2.75, 3.05) is 13.0 Å². The Kier molecular flexibility index (Phi) is 2.61. The summed E-state index contributed by atoms with van der Waals surface area (Å²) in [4.78, 5) is 0. The minimum Gasteiger partial charge on any atom is -0.496 e. The van der Waals surface area contributed by atoms with Crippen LogP contribution in [0.25, 0.3) is 11.4 Å². The molecule has 0 aliphatic heterocycles. The molecule has 0 fully saturated rings. The van der Waals surface area contributed by atoms with Crippen LogP contribution in [0.4, 0.5) is 4.39 Å². The van der Waals surface area contributed by atoms with E-state index in [1.807, 2.05) is 0 Å². The number of nitrogen functional groups attached to an aromatic ring is 1. The van der Waals surface area contributed by atoms with E-state index in [1.54, 1.807) is 0 Å². The monoisotopic (exact) mass is 240 g/mol. The average molecular weight is 240 g/mol. The van der Waals surface area contributed by atoms with Crippen LogP contribution < -0.4 is 10.6 Å². The molecule has 0 atom stereocenters. The molecule has 2 aromatic rings. The molecule has 1 aromatic carbocycles. The van der Waals surface area contributed by atoms with E-state index in [0.29, 0.717) is 17.1 Å². The van der Waals surface area contributed by atoms with Crippen LogP contribution in [-0.4, -0.2) is 22.0 Å². The van der Waals surface area contributed by atoms with Gasteiger partial charge in [0.2, 0.25) is 4.77 Å². The second-order valence-electron chi connectivity index (χ2n) is 3.07. The number of halogens is 1. The van der Waals surface area contributed by atoms with Gasteiger partial charge in [-0.25, -0.2) is 14.2 Å². The number of H-pyrrole nitrogens is 1. The number of aromatic nitrogens is 3. The van der Waals surface area contributed by atoms with Gasteiger partial charge in [0.1, 0.15) is 11.6 Å². The van der Waals surface area contributed by atoms with Crippen LogP contribution in [0.2, 0.25) is 0 Å². The van der Waals surface area contributed by atoms with Gasteiger partial charge in [0, 0.05) is 0 Å². The van der Waals surface area contributed by atoms with Gasteiger partial charge in [-0.15, -0.1) is 0 Å². The molecule has 2 rings (SSSR count). The highest BCUT2D eigenvalue weighted by atomic mass is 32.1. The third kappa shape index (κ3) is 1.65. The van der Waals surface area contributed by atoms with E-state index in [-0.39, 0.29) is 4.77 Å². The fourth-order valence-electron chi connectivity index (χ4n) is 1.35. The summed E-state index contributed by atoms with van der Waals surface area (Å²) in [7, 11) is 1.48. The van der Waals surface area contributed by atoms with E-state index in [2.05, 4.69) is 10.2 Å². The molecule has 0 bridgehead atoms. The summed E-state index contributed by atoms with van der Waals surface area (Å²) in [6, 6.07) is 4.08. The summed E-state index contributed by atoms with van der Waals surface area (Å²) >= 11 is 4.87. The van der Waals surface area contributed by atoms with Gasteiger partial charge < -0.3 is 10.6 Å². The van der Waals surface area contributed by atoms with E-state index >= 15 is 0 Å². The van der Waals surface area contributed by atoms with Crippen molar-refractivity contribution >= 4 is 12.2 Å². The summed E-state index contributed by atoms with van der Waals surface area (Å²) in [5.74, 6) is 6.05. The molecule has 16 heavy (non-hydrogen) atoms. The third-order valence-electron chi connectivity index (χ3n) is 2.11. The molecular formula is C9H9FN4OS. The zero-order valence-electron chi connectivity index (χ0n) is 8.40. The van der Waals surface area contributed by atoms with Crippen molar-refractivity contribution in [3.05, 3.63) is 28.8 Å². The van der Waals surface area contributed by atoms with Gasteiger partial charge in [0.15, 0.2) is 5.82 Å². The van der Waals surface area contributed by atoms with Gasteiger partial charge >= 0.3 is 0 Å². The summed E-state index contributed by atoms with van der Waals surface area (Å²) in [5.41, 5.74) is 0.442. The summed E-state index contributed by atoms with van der Waals surface area (Å²) in [6.07, 6.45) is 0. The number of hydrogen-bond donors (Lipinski definition) is 2. The Morgan fingerprint density at radius 1 is 1.56 bits per heavy atom. The van der Waals surface area contributed by atoms with E-state index in [1.165, 1.54) is 25.3 Å². The topological polar surface area (TPSA) is 68.9 Å². The van der Waals surface area contributed by atoms with Gasteiger partial charge in [-0.1, -0.05) is 0 Å². The summed E-state index contributed by atoms with van der Waals surface area (Å²) in [5, 5.41) is 6.43. The first-order valence-corrected chi connectivity index (χ1v) is 4.80. The number of nitrogens with zero attached hydrogens (tertiary/aromatic N) is 2. The number of methoxy groups -OCH3 is 1. The number of nitrogens with two attached hydrogens (primary N) is 1. The molecule has 5 nitrogen and oxygen atoms in total. The van der Waals surface area contributed by atoms with Crippen molar-refractivity contribution in [1.82, 2.24) is 14.9 Å². The molecule has 3 N–H and O–H groups in total. The first-order chi connectivity index (χ1) is 7.63. The molecule has 0 aliphatic rings. The average Bonchev–Trinajstić information content (AvgIpc) is 2.60. The standard InChI is InChI=1S/C9H9FN4OS/c1-15-7-3-2-5(10)4-6(7)8-12-13-9(16)14(8)11/h2-4H,11H2,1H3,(H,13,16). The lowest BCUT2D eigenvalue weighted by molar-refractivity contribution is 0.415. The molecule has 0 saturated carbocycles. The van der Waals surface area contributed by atoms with Crippen molar-refractivity contribution in [2.45, 2.75) is 0 Å². The predicted octanol–water partition coefficient (Wildman–Crippen LogP) is 1.47. The number of hydrogen-bond acceptors (Lipinski definition) is 4. The molecule has 0 saturated heterocycles. The Morgan fingerprint density at radius 2 is 2.31 bits per heavy atom.